The molecule has 0 aromatic heterocycles. The van der Waals surface area contributed by atoms with E-state index in [1.165, 1.54) is 6.07 Å². The van der Waals surface area contributed by atoms with Crippen molar-refractivity contribution in [3.8, 4) is 0 Å². The van der Waals surface area contributed by atoms with E-state index in [0.717, 1.165) is 38.1 Å². The highest BCUT2D eigenvalue weighted by molar-refractivity contribution is 7.89. The summed E-state index contributed by atoms with van der Waals surface area (Å²) in [4.78, 5) is 2.05. The number of aliphatic hydroxyl groups is 1. The van der Waals surface area contributed by atoms with Crippen LogP contribution in [0.15, 0.2) is 29.2 Å². The minimum Gasteiger partial charge on any atom is -0.393 e. The maximum absolute atomic E-state index is 13.3. The maximum atomic E-state index is 13.3. The van der Waals surface area contributed by atoms with Gasteiger partial charge < -0.3 is 5.11 Å². The third-order valence-electron chi connectivity index (χ3n) is 3.50. The fourth-order valence-corrected chi connectivity index (χ4v) is 3.05. The van der Waals surface area contributed by atoms with Crippen molar-refractivity contribution in [3.63, 3.8) is 0 Å². The molecule has 21 heavy (non-hydrogen) atoms. The number of benzene rings is 1. The van der Waals surface area contributed by atoms with Crippen LogP contribution >= 0.6 is 0 Å². The van der Waals surface area contributed by atoms with Gasteiger partial charge in [-0.1, -0.05) is 12.2 Å². The van der Waals surface area contributed by atoms with Gasteiger partial charge in [0.25, 0.3) is 0 Å². The van der Waals surface area contributed by atoms with E-state index in [1.807, 2.05) is 0 Å². The van der Waals surface area contributed by atoms with Gasteiger partial charge in [0.1, 0.15) is 5.82 Å². The Hall–Kier alpha value is -1.28. The van der Waals surface area contributed by atoms with Gasteiger partial charge in [-0.05, 0) is 36.6 Å². The smallest absolute Gasteiger partial charge is 0.238 e. The normalized spacial score (nSPS) is 18.4. The first kappa shape index (κ1) is 16.1. The Morgan fingerprint density at radius 2 is 2.05 bits per heavy atom. The Kier molecular flexibility index (Phi) is 5.10. The van der Waals surface area contributed by atoms with Crippen LogP contribution in [0.5, 0.6) is 0 Å². The summed E-state index contributed by atoms with van der Waals surface area (Å²) in [6.07, 6.45) is 4.57. The molecule has 1 aromatic rings. The van der Waals surface area contributed by atoms with Crippen LogP contribution in [0.1, 0.15) is 18.4 Å². The number of rotatable bonds is 4. The molecule has 0 spiro atoms. The third-order valence-corrected chi connectivity index (χ3v) is 4.48. The topological polar surface area (TPSA) is 83.6 Å². The minimum absolute atomic E-state index is 0.0887. The summed E-state index contributed by atoms with van der Waals surface area (Å²) in [7, 11) is -3.88. The van der Waals surface area contributed by atoms with Crippen LogP contribution in [0.2, 0.25) is 0 Å². The molecule has 0 aliphatic carbocycles. The maximum Gasteiger partial charge on any atom is 0.238 e. The summed E-state index contributed by atoms with van der Waals surface area (Å²) in [5, 5.41) is 14.5. The molecule has 1 heterocycles. The van der Waals surface area contributed by atoms with E-state index >= 15 is 0 Å². The molecular weight excluding hydrogens is 295 g/mol. The second-order valence-corrected chi connectivity index (χ2v) is 6.69. The van der Waals surface area contributed by atoms with Crippen LogP contribution in [0.25, 0.3) is 6.08 Å². The highest BCUT2D eigenvalue weighted by Crippen LogP contribution is 2.18. The molecule has 1 aliphatic rings. The second kappa shape index (κ2) is 6.65. The molecule has 7 heteroatoms. The van der Waals surface area contributed by atoms with E-state index in [1.54, 1.807) is 12.2 Å². The monoisotopic (exact) mass is 314 g/mol. The summed E-state index contributed by atoms with van der Waals surface area (Å²) in [5.41, 5.74) is 0.245. The fraction of sp³-hybridized carbons (Fsp3) is 0.429. The summed E-state index contributed by atoms with van der Waals surface area (Å²) in [6.45, 7) is 2.20. The van der Waals surface area contributed by atoms with Crippen LogP contribution < -0.4 is 5.14 Å². The van der Waals surface area contributed by atoms with Gasteiger partial charge in [-0.2, -0.15) is 0 Å². The van der Waals surface area contributed by atoms with Crippen molar-refractivity contribution in [2.24, 2.45) is 5.14 Å². The average molecular weight is 314 g/mol. The molecule has 1 aliphatic heterocycles. The number of nitrogens with zero attached hydrogens (tertiary/aromatic N) is 1. The number of likely N-dealkylation sites (tertiary alicyclic amines) is 1. The molecular formula is C14H19FN2O3S. The number of primary sulfonamides is 1. The minimum atomic E-state index is -3.88. The fourth-order valence-electron chi connectivity index (χ4n) is 2.34. The lowest BCUT2D eigenvalue weighted by atomic mass is 10.1. The predicted octanol–water partition coefficient (Wildman–Crippen LogP) is 0.943. The van der Waals surface area contributed by atoms with Gasteiger partial charge in [-0.3, -0.25) is 4.90 Å². The number of halogens is 1. The van der Waals surface area contributed by atoms with Crippen molar-refractivity contribution in [1.82, 2.24) is 4.90 Å². The van der Waals surface area contributed by atoms with Crippen molar-refractivity contribution in [1.29, 1.82) is 0 Å². The van der Waals surface area contributed by atoms with Crippen LogP contribution in [-0.2, 0) is 10.0 Å². The summed E-state index contributed by atoms with van der Waals surface area (Å²) in [6, 6.07) is 3.39. The van der Waals surface area contributed by atoms with Gasteiger partial charge in [0.05, 0.1) is 11.0 Å². The van der Waals surface area contributed by atoms with Gasteiger partial charge in [-0.25, -0.2) is 17.9 Å². The molecule has 116 valence electrons. The molecule has 0 amide bonds. The van der Waals surface area contributed by atoms with E-state index in [9.17, 15) is 17.9 Å². The first-order valence-corrected chi connectivity index (χ1v) is 8.30. The quantitative estimate of drug-likeness (QED) is 0.866. The zero-order chi connectivity index (χ0) is 15.5. The molecule has 0 saturated carbocycles. The van der Waals surface area contributed by atoms with Gasteiger partial charge in [0, 0.05) is 19.6 Å². The number of piperidine rings is 1. The Bertz CT molecular complexity index is 623. The molecule has 2 rings (SSSR count). The first-order valence-electron chi connectivity index (χ1n) is 6.75. The zero-order valence-electron chi connectivity index (χ0n) is 11.6. The molecule has 0 unspecified atom stereocenters. The molecule has 1 saturated heterocycles. The van der Waals surface area contributed by atoms with E-state index in [0.29, 0.717) is 6.54 Å². The van der Waals surface area contributed by atoms with Gasteiger partial charge in [0.2, 0.25) is 10.0 Å². The molecule has 1 fully saturated rings. The van der Waals surface area contributed by atoms with Crippen molar-refractivity contribution in [2.45, 2.75) is 23.8 Å². The number of sulfonamides is 1. The summed E-state index contributed by atoms with van der Waals surface area (Å²) in [5.74, 6) is -0.511. The van der Waals surface area contributed by atoms with Crippen molar-refractivity contribution >= 4 is 16.1 Å². The van der Waals surface area contributed by atoms with E-state index < -0.39 is 15.8 Å². The van der Waals surface area contributed by atoms with Gasteiger partial charge in [-0.15, -0.1) is 0 Å². The van der Waals surface area contributed by atoms with Crippen LogP contribution in [0.4, 0.5) is 4.39 Å². The molecule has 0 radical (unpaired) electrons. The third kappa shape index (κ3) is 4.60. The Morgan fingerprint density at radius 1 is 1.38 bits per heavy atom. The van der Waals surface area contributed by atoms with Crippen LogP contribution in [0.3, 0.4) is 0 Å². The lowest BCUT2D eigenvalue weighted by Gasteiger charge is -2.28. The SMILES string of the molecule is NS(=O)(=O)c1ccc(F)cc1/C=C\CN1CCC(O)CC1. The highest BCUT2D eigenvalue weighted by Gasteiger charge is 2.16. The van der Waals surface area contributed by atoms with Gasteiger partial charge in [0.15, 0.2) is 0 Å². The molecule has 0 atom stereocenters. The van der Waals surface area contributed by atoms with E-state index in [4.69, 9.17) is 5.14 Å². The average Bonchev–Trinajstić information content (AvgIpc) is 2.40. The standard InChI is InChI=1S/C14H19FN2O3S/c15-12-3-4-14(21(16,19)20)11(10-12)2-1-7-17-8-5-13(18)6-9-17/h1-4,10,13,18H,5-9H2,(H2,16,19,20)/b2-1-. The van der Waals surface area contributed by atoms with Crippen LogP contribution in [-0.4, -0.2) is 44.2 Å². The summed E-state index contributed by atoms with van der Waals surface area (Å²) < 4.78 is 36.2. The van der Waals surface area contributed by atoms with Crippen molar-refractivity contribution < 1.29 is 17.9 Å². The number of hydrogen-bond donors (Lipinski definition) is 2. The lowest BCUT2D eigenvalue weighted by molar-refractivity contribution is 0.0881. The summed E-state index contributed by atoms with van der Waals surface area (Å²) >= 11 is 0. The van der Waals surface area contributed by atoms with Crippen molar-refractivity contribution in [3.05, 3.63) is 35.7 Å². The number of aliphatic hydroxyl groups excluding tert-OH is 1. The largest absolute Gasteiger partial charge is 0.393 e. The van der Waals surface area contributed by atoms with Crippen molar-refractivity contribution in [2.75, 3.05) is 19.6 Å². The second-order valence-electron chi connectivity index (χ2n) is 5.16. The number of hydrogen-bond acceptors (Lipinski definition) is 4. The van der Waals surface area contributed by atoms with E-state index in [-0.39, 0.29) is 16.6 Å². The molecule has 3 N–H and O–H groups in total. The Balaban J connectivity index is 2.08. The van der Waals surface area contributed by atoms with Crippen LogP contribution in [0, 0.1) is 5.82 Å². The van der Waals surface area contributed by atoms with E-state index in [2.05, 4.69) is 4.90 Å². The predicted molar refractivity (Wildman–Crippen MR) is 78.5 cm³/mol. The lowest BCUT2D eigenvalue weighted by Crippen LogP contribution is -2.35. The van der Waals surface area contributed by atoms with Gasteiger partial charge >= 0.3 is 0 Å². The Labute approximate surface area is 123 Å². The first-order chi connectivity index (χ1) is 9.86. The molecule has 1 aromatic carbocycles. The molecule has 5 nitrogen and oxygen atoms in total. The molecule has 0 bridgehead atoms. The Morgan fingerprint density at radius 3 is 2.67 bits per heavy atom. The number of nitrogens with two attached hydrogens (primary N) is 1. The zero-order valence-corrected chi connectivity index (χ0v) is 12.4. The highest BCUT2D eigenvalue weighted by atomic mass is 32.2.